The Morgan fingerprint density at radius 1 is 1.20 bits per heavy atom. The zero-order valence-electron chi connectivity index (χ0n) is 14.5. The van der Waals surface area contributed by atoms with Gasteiger partial charge in [0.05, 0.1) is 10.5 Å². The minimum absolute atomic E-state index is 0.0262. The molecule has 132 valence electrons. The third-order valence-corrected chi connectivity index (χ3v) is 5.77. The van der Waals surface area contributed by atoms with Crippen LogP contribution in [0.15, 0.2) is 18.2 Å². The molecule has 5 heteroatoms. The number of amides is 1. The third-order valence-electron chi connectivity index (χ3n) is 5.34. The summed E-state index contributed by atoms with van der Waals surface area (Å²) in [5, 5.41) is 4.79. The van der Waals surface area contributed by atoms with Crippen molar-refractivity contribution in [3.8, 4) is 0 Å². The van der Waals surface area contributed by atoms with Crippen molar-refractivity contribution in [2.75, 3.05) is 26.2 Å². The van der Waals surface area contributed by atoms with Crippen LogP contribution in [0.1, 0.15) is 47.3 Å². The molecule has 1 fully saturated rings. The average molecular weight is 358 g/mol. The highest BCUT2D eigenvalue weighted by Gasteiger charge is 2.19. The number of carbonyl (C=O) groups is 1. The van der Waals surface area contributed by atoms with Gasteiger partial charge in [-0.05, 0) is 75.9 Å². The fourth-order valence-corrected chi connectivity index (χ4v) is 4.32. The number of carbonyl (C=O) groups excluding carboxylic acids is 1. The Hall–Kier alpha value is -1.65. The number of fused-ring (bicyclic) bond motifs is 2. The van der Waals surface area contributed by atoms with Crippen molar-refractivity contribution in [2.45, 2.75) is 38.5 Å². The maximum absolute atomic E-state index is 12.4. The highest BCUT2D eigenvalue weighted by Crippen LogP contribution is 2.33. The van der Waals surface area contributed by atoms with Crippen LogP contribution in [0.3, 0.4) is 0 Å². The molecule has 4 rings (SSSR count). The van der Waals surface area contributed by atoms with Crippen molar-refractivity contribution < 1.29 is 4.79 Å². The standard InChI is InChI=1S/C20H24ClN3O/c21-19-15-5-3-6-17(15)23-18-13-14(7-8-16(18)19)20(25)22-9-4-12-24-10-1-2-11-24/h7-8,13H,1-6,9-12H2,(H,22,25). The summed E-state index contributed by atoms with van der Waals surface area (Å²) < 4.78 is 0. The summed E-state index contributed by atoms with van der Waals surface area (Å²) in [6, 6.07) is 5.66. The minimum Gasteiger partial charge on any atom is -0.352 e. The number of hydrogen-bond donors (Lipinski definition) is 1. The zero-order chi connectivity index (χ0) is 17.2. The van der Waals surface area contributed by atoms with E-state index in [9.17, 15) is 4.79 Å². The van der Waals surface area contributed by atoms with Gasteiger partial charge < -0.3 is 10.2 Å². The Bertz CT molecular complexity index is 799. The predicted octanol–water partition coefficient (Wildman–Crippen LogP) is 3.59. The number of halogens is 1. The monoisotopic (exact) mass is 357 g/mol. The van der Waals surface area contributed by atoms with Crippen LogP contribution in [0.4, 0.5) is 0 Å². The first-order valence-electron chi connectivity index (χ1n) is 9.34. The first-order valence-corrected chi connectivity index (χ1v) is 9.72. The number of rotatable bonds is 5. The molecule has 0 radical (unpaired) electrons. The first kappa shape index (κ1) is 16.8. The van der Waals surface area contributed by atoms with E-state index in [2.05, 4.69) is 10.2 Å². The van der Waals surface area contributed by atoms with E-state index in [1.807, 2.05) is 18.2 Å². The van der Waals surface area contributed by atoms with E-state index in [0.29, 0.717) is 12.1 Å². The van der Waals surface area contributed by atoms with E-state index < -0.39 is 0 Å². The largest absolute Gasteiger partial charge is 0.352 e. The van der Waals surface area contributed by atoms with E-state index in [1.54, 1.807) is 0 Å². The second kappa shape index (κ2) is 7.30. The van der Waals surface area contributed by atoms with Gasteiger partial charge in [0, 0.05) is 23.2 Å². The summed E-state index contributed by atoms with van der Waals surface area (Å²) >= 11 is 6.54. The van der Waals surface area contributed by atoms with Crippen LogP contribution in [-0.2, 0) is 12.8 Å². The molecule has 1 aromatic carbocycles. The number of nitrogens with zero attached hydrogens (tertiary/aromatic N) is 2. The molecule has 0 spiro atoms. The summed E-state index contributed by atoms with van der Waals surface area (Å²) in [6.45, 7) is 4.19. The van der Waals surface area contributed by atoms with E-state index in [0.717, 1.165) is 53.8 Å². The maximum Gasteiger partial charge on any atom is 0.251 e. The lowest BCUT2D eigenvalue weighted by Gasteiger charge is -2.14. The van der Waals surface area contributed by atoms with Gasteiger partial charge >= 0.3 is 0 Å². The molecule has 0 unspecified atom stereocenters. The smallest absolute Gasteiger partial charge is 0.251 e. The van der Waals surface area contributed by atoms with Gasteiger partial charge in [-0.25, -0.2) is 0 Å². The van der Waals surface area contributed by atoms with Crippen molar-refractivity contribution in [1.82, 2.24) is 15.2 Å². The molecule has 1 N–H and O–H groups in total. The number of aryl methyl sites for hydroxylation is 1. The van der Waals surface area contributed by atoms with Crippen LogP contribution in [0, 0.1) is 0 Å². The van der Waals surface area contributed by atoms with Crippen molar-refractivity contribution >= 4 is 28.4 Å². The summed E-state index contributed by atoms with van der Waals surface area (Å²) in [6.07, 6.45) is 6.72. The third kappa shape index (κ3) is 3.51. The first-order chi connectivity index (χ1) is 12.2. The van der Waals surface area contributed by atoms with E-state index in [1.165, 1.54) is 31.5 Å². The van der Waals surface area contributed by atoms with Gasteiger partial charge in [0.1, 0.15) is 0 Å². The molecular weight excluding hydrogens is 334 g/mol. The molecule has 25 heavy (non-hydrogen) atoms. The Morgan fingerprint density at radius 2 is 2.04 bits per heavy atom. The van der Waals surface area contributed by atoms with Crippen LogP contribution in [0.5, 0.6) is 0 Å². The number of likely N-dealkylation sites (tertiary alicyclic amines) is 1. The molecule has 0 saturated carbocycles. The number of benzene rings is 1. The van der Waals surface area contributed by atoms with Crippen molar-refractivity contribution in [3.05, 3.63) is 40.0 Å². The molecule has 4 nitrogen and oxygen atoms in total. The van der Waals surface area contributed by atoms with Gasteiger partial charge in [-0.3, -0.25) is 9.78 Å². The normalized spacial score (nSPS) is 17.2. The molecule has 1 amide bonds. The molecule has 1 aromatic heterocycles. The summed E-state index contributed by atoms with van der Waals surface area (Å²) in [5.41, 5.74) is 3.78. The van der Waals surface area contributed by atoms with E-state index in [4.69, 9.17) is 16.6 Å². The van der Waals surface area contributed by atoms with Crippen molar-refractivity contribution in [1.29, 1.82) is 0 Å². The van der Waals surface area contributed by atoms with Crippen LogP contribution < -0.4 is 5.32 Å². The Labute approximate surface area is 153 Å². The van der Waals surface area contributed by atoms with Gasteiger partial charge in [0.2, 0.25) is 0 Å². The second-order valence-corrected chi connectivity index (χ2v) is 7.47. The summed E-state index contributed by atoms with van der Waals surface area (Å²) in [5.74, 6) is -0.0262. The molecule has 0 bridgehead atoms. The summed E-state index contributed by atoms with van der Waals surface area (Å²) in [7, 11) is 0. The lowest BCUT2D eigenvalue weighted by molar-refractivity contribution is 0.0952. The highest BCUT2D eigenvalue weighted by molar-refractivity contribution is 6.36. The molecule has 0 atom stereocenters. The fraction of sp³-hybridized carbons (Fsp3) is 0.500. The molecular formula is C20H24ClN3O. The number of pyridine rings is 1. The zero-order valence-corrected chi connectivity index (χ0v) is 15.2. The molecule has 2 aliphatic rings. The van der Waals surface area contributed by atoms with Gasteiger partial charge in [0.25, 0.3) is 5.91 Å². The van der Waals surface area contributed by atoms with Gasteiger partial charge in [-0.15, -0.1) is 0 Å². The van der Waals surface area contributed by atoms with Crippen LogP contribution >= 0.6 is 11.6 Å². The Kier molecular flexibility index (Phi) is 4.91. The van der Waals surface area contributed by atoms with Crippen molar-refractivity contribution in [2.24, 2.45) is 0 Å². The topological polar surface area (TPSA) is 45.2 Å². The maximum atomic E-state index is 12.4. The van der Waals surface area contributed by atoms with Gasteiger partial charge in [0.15, 0.2) is 0 Å². The highest BCUT2D eigenvalue weighted by atomic mass is 35.5. The molecule has 2 aromatic rings. The summed E-state index contributed by atoms with van der Waals surface area (Å²) in [4.78, 5) is 19.6. The molecule has 1 aliphatic heterocycles. The minimum atomic E-state index is -0.0262. The van der Waals surface area contributed by atoms with E-state index in [-0.39, 0.29) is 5.91 Å². The molecule has 1 saturated heterocycles. The van der Waals surface area contributed by atoms with Crippen LogP contribution in [-0.4, -0.2) is 42.0 Å². The predicted molar refractivity (Wildman–Crippen MR) is 101 cm³/mol. The molecule has 2 heterocycles. The van der Waals surface area contributed by atoms with E-state index >= 15 is 0 Å². The van der Waals surface area contributed by atoms with Crippen molar-refractivity contribution in [3.63, 3.8) is 0 Å². The fourth-order valence-electron chi connectivity index (χ4n) is 3.96. The van der Waals surface area contributed by atoms with Gasteiger partial charge in [-0.1, -0.05) is 17.7 Å². The lowest BCUT2D eigenvalue weighted by atomic mass is 10.1. The second-order valence-electron chi connectivity index (χ2n) is 7.09. The van der Waals surface area contributed by atoms with Crippen LogP contribution in [0.2, 0.25) is 5.02 Å². The quantitative estimate of drug-likeness (QED) is 0.832. The number of hydrogen-bond acceptors (Lipinski definition) is 3. The van der Waals surface area contributed by atoms with Gasteiger partial charge in [-0.2, -0.15) is 0 Å². The average Bonchev–Trinajstić information content (AvgIpc) is 3.30. The molecule has 1 aliphatic carbocycles. The SMILES string of the molecule is O=C(NCCCN1CCCC1)c1ccc2c(Cl)c3c(nc2c1)CCC3. The number of aromatic nitrogens is 1. The Morgan fingerprint density at radius 3 is 2.88 bits per heavy atom. The number of nitrogens with one attached hydrogen (secondary N) is 1. The van der Waals surface area contributed by atoms with Crippen LogP contribution in [0.25, 0.3) is 10.9 Å². The lowest BCUT2D eigenvalue weighted by Crippen LogP contribution is -2.28. The Balaban J connectivity index is 1.42.